The number of halogens is 1. The minimum Gasteiger partial charge on any atom is -0.490 e. The number of esters is 1. The Morgan fingerprint density at radius 3 is 2.67 bits per heavy atom. The molecule has 0 fully saturated rings. The van der Waals surface area contributed by atoms with E-state index in [0.29, 0.717) is 39.5 Å². The molecule has 2 heterocycles. The van der Waals surface area contributed by atoms with Crippen molar-refractivity contribution in [3.05, 3.63) is 75.6 Å². The van der Waals surface area contributed by atoms with E-state index in [1.807, 2.05) is 6.92 Å². The van der Waals surface area contributed by atoms with Crippen LogP contribution in [0.15, 0.2) is 58.3 Å². The van der Waals surface area contributed by atoms with Gasteiger partial charge in [-0.15, -0.1) is 11.3 Å². The molecule has 0 saturated carbocycles. The average molecular weight is 483 g/mol. The summed E-state index contributed by atoms with van der Waals surface area (Å²) in [5.41, 5.74) is 1.44. The number of carbonyl (C=O) groups is 2. The number of methoxy groups -OCH3 is 1. The quantitative estimate of drug-likeness (QED) is 0.341. The second kappa shape index (κ2) is 9.48. The highest BCUT2D eigenvalue weighted by atomic mass is 35.5. The first-order chi connectivity index (χ1) is 15.9. The van der Waals surface area contributed by atoms with Crippen molar-refractivity contribution in [2.45, 2.75) is 6.92 Å². The first-order valence-electron chi connectivity index (χ1n) is 9.94. The van der Waals surface area contributed by atoms with Crippen molar-refractivity contribution < 1.29 is 23.5 Å². The zero-order chi connectivity index (χ0) is 23.5. The maximum atomic E-state index is 13.1. The summed E-state index contributed by atoms with van der Waals surface area (Å²) in [7, 11) is 1.27. The lowest BCUT2D eigenvalue weighted by Crippen LogP contribution is -2.21. The average Bonchev–Trinajstić information content (AvgIpc) is 3.22. The van der Waals surface area contributed by atoms with Crippen LogP contribution < -0.4 is 15.6 Å². The van der Waals surface area contributed by atoms with Gasteiger partial charge in [0.1, 0.15) is 16.1 Å². The van der Waals surface area contributed by atoms with Gasteiger partial charge in [0.15, 0.2) is 11.3 Å². The van der Waals surface area contributed by atoms with Gasteiger partial charge in [0.25, 0.3) is 5.91 Å². The molecule has 0 spiro atoms. The van der Waals surface area contributed by atoms with Gasteiger partial charge in [0, 0.05) is 26.9 Å². The van der Waals surface area contributed by atoms with Crippen molar-refractivity contribution in [1.82, 2.24) is 0 Å². The molecule has 0 atom stereocenters. The van der Waals surface area contributed by atoms with Crippen LogP contribution in [0.25, 0.3) is 22.1 Å². The van der Waals surface area contributed by atoms with Crippen LogP contribution in [0.4, 0.5) is 5.00 Å². The van der Waals surface area contributed by atoms with E-state index in [-0.39, 0.29) is 21.7 Å². The van der Waals surface area contributed by atoms with Crippen molar-refractivity contribution in [1.29, 1.82) is 5.41 Å². The van der Waals surface area contributed by atoms with Gasteiger partial charge in [-0.1, -0.05) is 41.9 Å². The van der Waals surface area contributed by atoms with Crippen molar-refractivity contribution in [2.24, 2.45) is 0 Å². The van der Waals surface area contributed by atoms with E-state index in [9.17, 15) is 9.59 Å². The van der Waals surface area contributed by atoms with Crippen LogP contribution in [0.3, 0.4) is 0 Å². The smallest absolute Gasteiger partial charge is 0.341 e. The predicted octanol–water partition coefficient (Wildman–Crippen LogP) is 5.73. The molecule has 0 radical (unpaired) electrons. The molecule has 4 rings (SSSR count). The maximum absolute atomic E-state index is 13.1. The Balaban J connectivity index is 1.74. The number of hydrogen-bond donors (Lipinski definition) is 2. The zero-order valence-corrected chi connectivity index (χ0v) is 19.3. The van der Waals surface area contributed by atoms with Crippen LogP contribution in [-0.2, 0) is 4.74 Å². The highest BCUT2D eigenvalue weighted by molar-refractivity contribution is 7.15. The molecule has 0 saturated heterocycles. The van der Waals surface area contributed by atoms with Gasteiger partial charge >= 0.3 is 5.97 Å². The van der Waals surface area contributed by atoms with Crippen LogP contribution in [-0.4, -0.2) is 25.6 Å². The van der Waals surface area contributed by atoms with Gasteiger partial charge in [-0.2, -0.15) is 0 Å². The summed E-state index contributed by atoms with van der Waals surface area (Å²) in [5, 5.41) is 14.0. The van der Waals surface area contributed by atoms with Crippen LogP contribution in [0, 0.1) is 5.41 Å². The third-order valence-corrected chi connectivity index (χ3v) is 6.10. The number of nitrogens with one attached hydrogen (secondary N) is 2. The molecular formula is C24H19ClN2O5S. The molecule has 33 heavy (non-hydrogen) atoms. The second-order valence-corrected chi connectivity index (χ2v) is 8.16. The largest absolute Gasteiger partial charge is 0.490 e. The minimum absolute atomic E-state index is 0.0136. The number of benzene rings is 2. The van der Waals surface area contributed by atoms with Crippen molar-refractivity contribution in [2.75, 3.05) is 19.0 Å². The molecule has 0 bridgehead atoms. The van der Waals surface area contributed by atoms with E-state index in [1.165, 1.54) is 7.11 Å². The lowest BCUT2D eigenvalue weighted by Gasteiger charge is -2.10. The number of hydrogen-bond acceptors (Lipinski definition) is 7. The Morgan fingerprint density at radius 1 is 1.15 bits per heavy atom. The topological polar surface area (TPSA) is 102 Å². The third-order valence-electron chi connectivity index (χ3n) is 4.87. The number of thiophene rings is 1. The second-order valence-electron chi connectivity index (χ2n) is 6.88. The van der Waals surface area contributed by atoms with Gasteiger partial charge in [0.2, 0.25) is 5.55 Å². The lowest BCUT2D eigenvalue weighted by atomic mass is 10.0. The Bertz CT molecular complexity index is 1430. The molecule has 2 aromatic carbocycles. The van der Waals surface area contributed by atoms with Crippen molar-refractivity contribution in [3.8, 4) is 16.9 Å². The molecule has 0 unspecified atom stereocenters. The molecule has 9 heteroatoms. The van der Waals surface area contributed by atoms with E-state index < -0.39 is 11.9 Å². The van der Waals surface area contributed by atoms with Gasteiger partial charge in [-0.25, -0.2) is 4.79 Å². The molecule has 2 N–H and O–H groups in total. The van der Waals surface area contributed by atoms with Crippen LogP contribution in [0.2, 0.25) is 5.02 Å². The summed E-state index contributed by atoms with van der Waals surface area (Å²) in [4.78, 5) is 25.7. The van der Waals surface area contributed by atoms with E-state index in [4.69, 9.17) is 30.9 Å². The first kappa shape index (κ1) is 22.6. The molecule has 2 aromatic heterocycles. The maximum Gasteiger partial charge on any atom is 0.341 e. The van der Waals surface area contributed by atoms with Gasteiger partial charge < -0.3 is 19.2 Å². The fourth-order valence-electron chi connectivity index (χ4n) is 3.37. The molecule has 7 nitrogen and oxygen atoms in total. The molecule has 0 aliphatic carbocycles. The molecule has 0 aliphatic rings. The summed E-state index contributed by atoms with van der Waals surface area (Å²) < 4.78 is 16.1. The van der Waals surface area contributed by atoms with E-state index in [1.54, 1.807) is 53.9 Å². The highest BCUT2D eigenvalue weighted by Gasteiger charge is 2.24. The van der Waals surface area contributed by atoms with Gasteiger partial charge in [0.05, 0.1) is 13.7 Å². The Kier molecular flexibility index (Phi) is 6.48. The fraction of sp³-hybridized carbons (Fsp3) is 0.125. The molecule has 168 valence electrons. The third kappa shape index (κ3) is 4.35. The number of para-hydroxylation sites is 1. The Labute approximate surface area is 198 Å². The standard InChI is InChI=1S/C24H19ClN2O5S/c1-3-31-18-10-6-7-13-11-15(21(26)32-20(13)18)22(28)27-23-19(24(29)30-2)16(12-33-23)14-8-4-5-9-17(14)25/h4-12,26H,3H2,1-2H3,(H,27,28). The summed E-state index contributed by atoms with van der Waals surface area (Å²) in [6, 6.07) is 13.9. The Morgan fingerprint density at radius 2 is 1.94 bits per heavy atom. The lowest BCUT2D eigenvalue weighted by molar-refractivity contribution is 0.0603. The highest BCUT2D eigenvalue weighted by Crippen LogP contribution is 2.39. The van der Waals surface area contributed by atoms with E-state index >= 15 is 0 Å². The monoisotopic (exact) mass is 482 g/mol. The number of fused-ring (bicyclic) bond motifs is 1. The van der Waals surface area contributed by atoms with Crippen LogP contribution >= 0.6 is 22.9 Å². The van der Waals surface area contributed by atoms with E-state index in [2.05, 4.69) is 5.32 Å². The van der Waals surface area contributed by atoms with Crippen molar-refractivity contribution >= 4 is 50.8 Å². The fourth-order valence-corrected chi connectivity index (χ4v) is 4.56. The molecule has 0 aliphatic heterocycles. The molecule has 1 amide bonds. The zero-order valence-electron chi connectivity index (χ0n) is 17.7. The summed E-state index contributed by atoms with van der Waals surface area (Å²) in [5.74, 6) is -0.714. The molecule has 4 aromatic rings. The van der Waals surface area contributed by atoms with Gasteiger partial charge in [-0.05, 0) is 25.1 Å². The number of anilines is 1. The number of rotatable bonds is 6. The normalized spacial score (nSPS) is 10.8. The molecular weight excluding hydrogens is 464 g/mol. The number of ether oxygens (including phenoxy) is 2. The van der Waals surface area contributed by atoms with Gasteiger partial charge in [-0.3, -0.25) is 10.2 Å². The number of carbonyl (C=O) groups excluding carboxylic acids is 2. The van der Waals surface area contributed by atoms with Crippen LogP contribution in [0.5, 0.6) is 5.75 Å². The van der Waals surface area contributed by atoms with E-state index in [0.717, 1.165) is 11.3 Å². The summed E-state index contributed by atoms with van der Waals surface area (Å²) in [6.07, 6.45) is 0. The predicted molar refractivity (Wildman–Crippen MR) is 127 cm³/mol. The SMILES string of the molecule is CCOc1cccc2cc(C(=O)Nc3scc(-c4ccccc4Cl)c3C(=O)OC)c(=N)oc12. The Hall–Kier alpha value is -3.62. The van der Waals surface area contributed by atoms with Crippen molar-refractivity contribution in [3.63, 3.8) is 0 Å². The summed E-state index contributed by atoms with van der Waals surface area (Å²) in [6.45, 7) is 2.28. The van der Waals surface area contributed by atoms with Crippen LogP contribution in [0.1, 0.15) is 27.6 Å². The summed E-state index contributed by atoms with van der Waals surface area (Å²) >= 11 is 7.48. The number of amides is 1. The minimum atomic E-state index is -0.614. The first-order valence-corrected chi connectivity index (χ1v) is 11.2.